The third-order valence-corrected chi connectivity index (χ3v) is 3.49. The molecule has 1 saturated carbocycles. The Morgan fingerprint density at radius 2 is 1.88 bits per heavy atom. The third kappa shape index (κ3) is 2.04. The van der Waals surface area contributed by atoms with E-state index < -0.39 is 23.0 Å². The Bertz CT molecular complexity index is 433. The summed E-state index contributed by atoms with van der Waals surface area (Å²) in [6.45, 7) is 1.75. The standard InChI is InChI=1S/C12H13F4N/c1-7(17)11(4-5-11)9-3-2-8(6-10(9)13)12(14,15)16/h2-3,6-7H,4-5,17H2,1H3. The minimum atomic E-state index is -4.51. The van der Waals surface area contributed by atoms with Crippen molar-refractivity contribution in [2.75, 3.05) is 0 Å². The van der Waals surface area contributed by atoms with Crippen LogP contribution in [0, 0.1) is 5.82 Å². The predicted molar refractivity (Wildman–Crippen MR) is 56.0 cm³/mol. The van der Waals surface area contributed by atoms with Gasteiger partial charge in [0.15, 0.2) is 0 Å². The Kier molecular flexibility index (Phi) is 2.69. The Morgan fingerprint density at radius 1 is 1.29 bits per heavy atom. The van der Waals surface area contributed by atoms with Gasteiger partial charge in [0.2, 0.25) is 0 Å². The molecule has 1 unspecified atom stereocenters. The summed E-state index contributed by atoms with van der Waals surface area (Å²) in [6.07, 6.45) is -3.05. The van der Waals surface area contributed by atoms with Gasteiger partial charge in [-0.15, -0.1) is 0 Å². The molecule has 1 atom stereocenters. The summed E-state index contributed by atoms with van der Waals surface area (Å²) in [5.41, 5.74) is 4.65. The number of alkyl halides is 3. The zero-order chi connectivity index (χ0) is 12.8. The number of benzene rings is 1. The average Bonchev–Trinajstić information content (AvgIpc) is 2.96. The van der Waals surface area contributed by atoms with Gasteiger partial charge in [-0.05, 0) is 37.5 Å². The Balaban J connectivity index is 2.40. The highest BCUT2D eigenvalue weighted by molar-refractivity contribution is 5.37. The predicted octanol–water partition coefficient (Wildman–Crippen LogP) is 3.22. The molecule has 0 saturated heterocycles. The SMILES string of the molecule is CC(N)C1(c2ccc(C(F)(F)F)cc2F)CC1. The number of hydrogen-bond acceptors (Lipinski definition) is 1. The smallest absolute Gasteiger partial charge is 0.327 e. The molecular formula is C12H13F4N. The quantitative estimate of drug-likeness (QED) is 0.798. The van der Waals surface area contributed by atoms with Crippen molar-refractivity contribution in [1.29, 1.82) is 0 Å². The molecule has 0 bridgehead atoms. The molecule has 1 aromatic carbocycles. The fourth-order valence-corrected chi connectivity index (χ4v) is 2.20. The summed E-state index contributed by atoms with van der Waals surface area (Å²) in [5, 5.41) is 0. The van der Waals surface area contributed by atoms with Crippen molar-refractivity contribution >= 4 is 0 Å². The average molecular weight is 247 g/mol. The molecule has 2 rings (SSSR count). The topological polar surface area (TPSA) is 26.0 Å². The van der Waals surface area contributed by atoms with E-state index in [0.717, 1.165) is 18.9 Å². The lowest BCUT2D eigenvalue weighted by atomic mass is 9.88. The van der Waals surface area contributed by atoms with E-state index in [2.05, 4.69) is 0 Å². The largest absolute Gasteiger partial charge is 0.416 e. The molecule has 0 amide bonds. The van der Waals surface area contributed by atoms with Gasteiger partial charge in [0.25, 0.3) is 0 Å². The molecule has 1 aliphatic rings. The molecule has 1 aromatic rings. The maximum atomic E-state index is 13.7. The van der Waals surface area contributed by atoms with Crippen LogP contribution in [0.5, 0.6) is 0 Å². The molecule has 0 aromatic heterocycles. The van der Waals surface area contributed by atoms with Crippen molar-refractivity contribution in [3.8, 4) is 0 Å². The molecular weight excluding hydrogens is 234 g/mol. The number of hydrogen-bond donors (Lipinski definition) is 1. The van der Waals surface area contributed by atoms with Crippen LogP contribution < -0.4 is 5.73 Å². The molecule has 0 radical (unpaired) electrons. The van der Waals surface area contributed by atoms with Crippen molar-refractivity contribution in [3.05, 3.63) is 35.1 Å². The van der Waals surface area contributed by atoms with Crippen LogP contribution in [-0.2, 0) is 11.6 Å². The summed E-state index contributed by atoms with van der Waals surface area (Å²) in [7, 11) is 0. The Morgan fingerprint density at radius 3 is 2.24 bits per heavy atom. The van der Waals surface area contributed by atoms with Crippen LogP contribution in [0.4, 0.5) is 17.6 Å². The van der Waals surface area contributed by atoms with Gasteiger partial charge in [-0.1, -0.05) is 6.07 Å². The summed E-state index contributed by atoms with van der Waals surface area (Å²) >= 11 is 0. The second-order valence-corrected chi connectivity index (χ2v) is 4.64. The highest BCUT2D eigenvalue weighted by atomic mass is 19.4. The lowest BCUT2D eigenvalue weighted by Crippen LogP contribution is -2.32. The first kappa shape index (κ1) is 12.4. The van der Waals surface area contributed by atoms with Crippen LogP contribution in [0.15, 0.2) is 18.2 Å². The van der Waals surface area contributed by atoms with Crippen LogP contribution >= 0.6 is 0 Å². The van der Waals surface area contributed by atoms with Crippen LogP contribution in [0.25, 0.3) is 0 Å². The minimum absolute atomic E-state index is 0.256. The molecule has 1 aliphatic carbocycles. The van der Waals surface area contributed by atoms with Crippen LogP contribution in [0.1, 0.15) is 30.9 Å². The van der Waals surface area contributed by atoms with Gasteiger partial charge >= 0.3 is 6.18 Å². The van der Waals surface area contributed by atoms with E-state index in [4.69, 9.17) is 5.73 Å². The van der Waals surface area contributed by atoms with Gasteiger partial charge in [0, 0.05) is 11.5 Å². The molecule has 1 fully saturated rings. The molecule has 1 nitrogen and oxygen atoms in total. The second-order valence-electron chi connectivity index (χ2n) is 4.64. The summed E-state index contributed by atoms with van der Waals surface area (Å²) in [6, 6.07) is 2.43. The van der Waals surface area contributed by atoms with Crippen molar-refractivity contribution in [3.63, 3.8) is 0 Å². The van der Waals surface area contributed by atoms with Crippen LogP contribution in [-0.4, -0.2) is 6.04 Å². The number of rotatable bonds is 2. The van der Waals surface area contributed by atoms with Crippen LogP contribution in [0.2, 0.25) is 0 Å². The number of halogens is 4. The lowest BCUT2D eigenvalue weighted by molar-refractivity contribution is -0.137. The fourth-order valence-electron chi connectivity index (χ4n) is 2.20. The molecule has 0 spiro atoms. The maximum Gasteiger partial charge on any atom is 0.416 e. The van der Waals surface area contributed by atoms with Crippen molar-refractivity contribution in [1.82, 2.24) is 0 Å². The van der Waals surface area contributed by atoms with Gasteiger partial charge in [-0.3, -0.25) is 0 Å². The van der Waals surface area contributed by atoms with E-state index in [1.54, 1.807) is 6.92 Å². The van der Waals surface area contributed by atoms with Gasteiger partial charge in [0.05, 0.1) is 5.56 Å². The fraction of sp³-hybridized carbons (Fsp3) is 0.500. The highest BCUT2D eigenvalue weighted by Crippen LogP contribution is 2.51. The molecule has 17 heavy (non-hydrogen) atoms. The molecule has 94 valence electrons. The van der Waals surface area contributed by atoms with Gasteiger partial charge < -0.3 is 5.73 Å². The Labute approximate surface area is 96.6 Å². The van der Waals surface area contributed by atoms with Crippen LogP contribution in [0.3, 0.4) is 0 Å². The molecule has 5 heteroatoms. The first-order chi connectivity index (χ1) is 7.77. The summed E-state index contributed by atoms with van der Waals surface area (Å²) < 4.78 is 50.9. The van der Waals surface area contributed by atoms with E-state index in [0.29, 0.717) is 11.6 Å². The first-order valence-corrected chi connectivity index (χ1v) is 5.40. The summed E-state index contributed by atoms with van der Waals surface area (Å²) in [4.78, 5) is 0. The lowest BCUT2D eigenvalue weighted by Gasteiger charge is -2.21. The molecule has 2 N–H and O–H groups in total. The van der Waals surface area contributed by atoms with E-state index in [9.17, 15) is 17.6 Å². The number of nitrogens with two attached hydrogens (primary N) is 1. The normalized spacial score (nSPS) is 20.1. The molecule has 0 heterocycles. The minimum Gasteiger partial charge on any atom is -0.327 e. The zero-order valence-electron chi connectivity index (χ0n) is 9.31. The van der Waals surface area contributed by atoms with Gasteiger partial charge in [-0.2, -0.15) is 13.2 Å². The maximum absolute atomic E-state index is 13.7. The monoisotopic (exact) mass is 247 g/mol. The molecule has 0 aliphatic heterocycles. The highest BCUT2D eigenvalue weighted by Gasteiger charge is 2.49. The van der Waals surface area contributed by atoms with E-state index >= 15 is 0 Å². The van der Waals surface area contributed by atoms with Crippen molar-refractivity contribution in [2.45, 2.75) is 37.4 Å². The van der Waals surface area contributed by atoms with Crippen molar-refractivity contribution in [2.24, 2.45) is 5.73 Å². The van der Waals surface area contributed by atoms with E-state index in [1.807, 2.05) is 0 Å². The third-order valence-electron chi connectivity index (χ3n) is 3.49. The van der Waals surface area contributed by atoms with E-state index in [-0.39, 0.29) is 6.04 Å². The Hall–Kier alpha value is -1.10. The van der Waals surface area contributed by atoms with Crippen molar-refractivity contribution < 1.29 is 17.6 Å². The van der Waals surface area contributed by atoms with Gasteiger partial charge in [0.1, 0.15) is 5.82 Å². The van der Waals surface area contributed by atoms with E-state index in [1.165, 1.54) is 6.07 Å². The van der Waals surface area contributed by atoms with Gasteiger partial charge in [-0.25, -0.2) is 4.39 Å². The first-order valence-electron chi connectivity index (χ1n) is 5.40. The zero-order valence-corrected chi connectivity index (χ0v) is 9.31. The summed E-state index contributed by atoms with van der Waals surface area (Å²) in [5.74, 6) is -0.811. The second kappa shape index (κ2) is 3.70.